The fourth-order valence-electron chi connectivity index (χ4n) is 1.63. The number of nitrogens with two attached hydrogens (primary N) is 1. The molecule has 0 aliphatic heterocycles. The van der Waals surface area contributed by atoms with Crippen LogP contribution in [0.5, 0.6) is 0 Å². The molecule has 2 aromatic rings. The number of benzene rings is 2. The zero-order valence-electron chi connectivity index (χ0n) is 9.95. The van der Waals surface area contributed by atoms with Crippen molar-refractivity contribution in [3.05, 3.63) is 64.7 Å². The van der Waals surface area contributed by atoms with E-state index in [2.05, 4.69) is 0 Å². The highest BCUT2D eigenvalue weighted by Gasteiger charge is 2.13. The van der Waals surface area contributed by atoms with Gasteiger partial charge in [-0.05, 0) is 36.4 Å². The summed E-state index contributed by atoms with van der Waals surface area (Å²) in [5, 5.41) is 0.635. The second-order valence-electron chi connectivity index (χ2n) is 4.04. The summed E-state index contributed by atoms with van der Waals surface area (Å²) in [6.07, 6.45) is 0. The molecule has 100 valence electrons. The lowest BCUT2D eigenvalue weighted by molar-refractivity contribution is 0.573. The van der Waals surface area contributed by atoms with Crippen molar-refractivity contribution < 1.29 is 8.78 Å². The van der Waals surface area contributed by atoms with Crippen LogP contribution in [0.15, 0.2) is 47.4 Å². The predicted molar refractivity (Wildman–Crippen MR) is 75.5 cm³/mol. The first-order chi connectivity index (χ1) is 9.06. The van der Waals surface area contributed by atoms with Crippen molar-refractivity contribution in [3.63, 3.8) is 0 Å². The average Bonchev–Trinajstić information content (AvgIpc) is 2.39. The molecule has 0 fully saturated rings. The Labute approximate surface area is 119 Å². The Morgan fingerprint density at radius 2 is 1.95 bits per heavy atom. The van der Waals surface area contributed by atoms with E-state index in [9.17, 15) is 8.78 Å². The lowest BCUT2D eigenvalue weighted by Crippen LogP contribution is -2.15. The summed E-state index contributed by atoms with van der Waals surface area (Å²) in [6, 6.07) is 10.0. The molecule has 0 radical (unpaired) electrons. The SMILES string of the molecule is NC(CSc1cccc(Cl)c1)c1cc(F)ccc1F. The van der Waals surface area contributed by atoms with E-state index in [1.807, 2.05) is 12.1 Å². The standard InChI is InChI=1S/C14H12ClF2NS/c15-9-2-1-3-11(6-9)19-8-14(18)12-7-10(16)4-5-13(12)17/h1-7,14H,8,18H2. The van der Waals surface area contributed by atoms with Crippen molar-refractivity contribution in [1.82, 2.24) is 0 Å². The third kappa shape index (κ3) is 3.93. The van der Waals surface area contributed by atoms with Gasteiger partial charge in [-0.2, -0.15) is 0 Å². The molecule has 0 bridgehead atoms. The van der Waals surface area contributed by atoms with E-state index < -0.39 is 17.7 Å². The van der Waals surface area contributed by atoms with E-state index in [-0.39, 0.29) is 5.56 Å². The topological polar surface area (TPSA) is 26.0 Å². The van der Waals surface area contributed by atoms with Crippen molar-refractivity contribution in [2.24, 2.45) is 5.73 Å². The van der Waals surface area contributed by atoms with Gasteiger partial charge in [-0.15, -0.1) is 11.8 Å². The minimum atomic E-state index is -0.570. The van der Waals surface area contributed by atoms with Crippen molar-refractivity contribution in [3.8, 4) is 0 Å². The highest BCUT2D eigenvalue weighted by molar-refractivity contribution is 7.99. The Morgan fingerprint density at radius 1 is 1.16 bits per heavy atom. The molecule has 0 heterocycles. The summed E-state index contributed by atoms with van der Waals surface area (Å²) in [7, 11) is 0. The number of hydrogen-bond donors (Lipinski definition) is 1. The van der Waals surface area contributed by atoms with Gasteiger partial charge in [0, 0.05) is 27.3 Å². The second kappa shape index (κ2) is 6.37. The molecule has 2 aromatic carbocycles. The maximum atomic E-state index is 13.5. The molecule has 1 nitrogen and oxygen atoms in total. The van der Waals surface area contributed by atoms with Crippen LogP contribution < -0.4 is 5.73 Å². The molecule has 1 atom stereocenters. The monoisotopic (exact) mass is 299 g/mol. The summed E-state index contributed by atoms with van der Waals surface area (Å²) < 4.78 is 26.6. The molecule has 1 unspecified atom stereocenters. The lowest BCUT2D eigenvalue weighted by atomic mass is 10.1. The van der Waals surface area contributed by atoms with E-state index in [4.69, 9.17) is 17.3 Å². The van der Waals surface area contributed by atoms with E-state index in [0.29, 0.717) is 10.8 Å². The van der Waals surface area contributed by atoms with Gasteiger partial charge < -0.3 is 5.73 Å². The molecule has 0 aliphatic rings. The van der Waals surface area contributed by atoms with Gasteiger partial charge in [0.15, 0.2) is 0 Å². The molecule has 0 saturated carbocycles. The molecule has 0 amide bonds. The molecule has 2 rings (SSSR count). The molecule has 0 aliphatic carbocycles. The van der Waals surface area contributed by atoms with Crippen LogP contribution in [0.3, 0.4) is 0 Å². The van der Waals surface area contributed by atoms with E-state index >= 15 is 0 Å². The van der Waals surface area contributed by atoms with Crippen LogP contribution in [0, 0.1) is 11.6 Å². The maximum Gasteiger partial charge on any atom is 0.128 e. The van der Waals surface area contributed by atoms with Crippen LogP contribution in [0.2, 0.25) is 5.02 Å². The molecule has 2 N–H and O–H groups in total. The van der Waals surface area contributed by atoms with Crippen LogP contribution >= 0.6 is 23.4 Å². The summed E-state index contributed by atoms with van der Waals surface area (Å²) in [4.78, 5) is 0.944. The normalized spacial score (nSPS) is 12.4. The largest absolute Gasteiger partial charge is 0.323 e. The van der Waals surface area contributed by atoms with Crippen molar-refractivity contribution in [2.45, 2.75) is 10.9 Å². The van der Waals surface area contributed by atoms with Gasteiger partial charge >= 0.3 is 0 Å². The zero-order valence-corrected chi connectivity index (χ0v) is 11.5. The van der Waals surface area contributed by atoms with Crippen LogP contribution in [0.4, 0.5) is 8.78 Å². The minimum absolute atomic E-state index is 0.189. The summed E-state index contributed by atoms with van der Waals surface area (Å²) in [5.41, 5.74) is 6.08. The number of rotatable bonds is 4. The Morgan fingerprint density at radius 3 is 2.68 bits per heavy atom. The fourth-order valence-corrected chi connectivity index (χ4v) is 2.82. The highest BCUT2D eigenvalue weighted by atomic mass is 35.5. The summed E-state index contributed by atoms with van der Waals surface area (Å²) in [5.74, 6) is -0.527. The Kier molecular flexibility index (Phi) is 4.80. The van der Waals surface area contributed by atoms with Crippen molar-refractivity contribution in [2.75, 3.05) is 5.75 Å². The van der Waals surface area contributed by atoms with Gasteiger partial charge in [0.1, 0.15) is 11.6 Å². The molecule has 5 heteroatoms. The highest BCUT2D eigenvalue weighted by Crippen LogP contribution is 2.26. The smallest absolute Gasteiger partial charge is 0.128 e. The van der Waals surface area contributed by atoms with Crippen LogP contribution in [-0.2, 0) is 0 Å². The van der Waals surface area contributed by atoms with E-state index in [1.165, 1.54) is 11.8 Å². The van der Waals surface area contributed by atoms with Crippen LogP contribution in [-0.4, -0.2) is 5.75 Å². The third-order valence-electron chi connectivity index (χ3n) is 2.58. The van der Waals surface area contributed by atoms with Gasteiger partial charge in [-0.3, -0.25) is 0 Å². The van der Waals surface area contributed by atoms with Crippen LogP contribution in [0.1, 0.15) is 11.6 Å². The molecule has 19 heavy (non-hydrogen) atoms. The second-order valence-corrected chi connectivity index (χ2v) is 5.57. The van der Waals surface area contributed by atoms with Crippen LogP contribution in [0.25, 0.3) is 0 Å². The molecule has 0 spiro atoms. The molecule has 0 aromatic heterocycles. The Hall–Kier alpha value is -1.10. The van der Waals surface area contributed by atoms with E-state index in [0.717, 1.165) is 23.1 Å². The Balaban J connectivity index is 2.05. The number of thioether (sulfide) groups is 1. The summed E-state index contributed by atoms with van der Waals surface area (Å²) in [6.45, 7) is 0. The number of hydrogen-bond acceptors (Lipinski definition) is 2. The van der Waals surface area contributed by atoms with Crippen molar-refractivity contribution >= 4 is 23.4 Å². The van der Waals surface area contributed by atoms with Gasteiger partial charge in [0.05, 0.1) is 0 Å². The average molecular weight is 300 g/mol. The molecular formula is C14H12ClF2NS. The van der Waals surface area contributed by atoms with Gasteiger partial charge in [-0.1, -0.05) is 17.7 Å². The van der Waals surface area contributed by atoms with Gasteiger partial charge in [0.25, 0.3) is 0 Å². The molecular weight excluding hydrogens is 288 g/mol. The number of halogens is 3. The first-order valence-electron chi connectivity index (χ1n) is 5.65. The Bertz CT molecular complexity index is 577. The zero-order chi connectivity index (χ0) is 13.8. The van der Waals surface area contributed by atoms with Gasteiger partial charge in [-0.25, -0.2) is 8.78 Å². The first kappa shape index (κ1) is 14.3. The molecule has 0 saturated heterocycles. The quantitative estimate of drug-likeness (QED) is 0.846. The lowest BCUT2D eigenvalue weighted by Gasteiger charge is -2.12. The summed E-state index contributed by atoms with van der Waals surface area (Å²) >= 11 is 7.32. The van der Waals surface area contributed by atoms with Gasteiger partial charge in [0.2, 0.25) is 0 Å². The fraction of sp³-hybridized carbons (Fsp3) is 0.143. The maximum absolute atomic E-state index is 13.5. The minimum Gasteiger partial charge on any atom is -0.323 e. The predicted octanol–water partition coefficient (Wildman–Crippen LogP) is 4.41. The van der Waals surface area contributed by atoms with E-state index in [1.54, 1.807) is 12.1 Å². The van der Waals surface area contributed by atoms with Crippen molar-refractivity contribution in [1.29, 1.82) is 0 Å². The third-order valence-corrected chi connectivity index (χ3v) is 3.93. The first-order valence-corrected chi connectivity index (χ1v) is 7.01.